The van der Waals surface area contributed by atoms with Gasteiger partial charge in [-0.2, -0.15) is 0 Å². The largest absolute Gasteiger partial charge is 0.480 e. The van der Waals surface area contributed by atoms with E-state index in [-0.39, 0.29) is 5.91 Å². The third-order valence-corrected chi connectivity index (χ3v) is 3.98. The number of aliphatic hydroxyl groups is 1. The Balaban J connectivity index is 3.40. The van der Waals surface area contributed by atoms with E-state index in [0.29, 0.717) is 6.42 Å². The number of unbranched alkanes of at least 4 members (excludes halogenated alkanes) is 9. The van der Waals surface area contributed by atoms with Crippen molar-refractivity contribution in [2.75, 3.05) is 6.61 Å². The SMILES string of the molecule is CCCCCC/C=C\CCCCCCCC(=O)N[C@@H](CO)C(=O)O. The topological polar surface area (TPSA) is 86.6 Å². The van der Waals surface area contributed by atoms with Gasteiger partial charge in [0.05, 0.1) is 6.61 Å². The summed E-state index contributed by atoms with van der Waals surface area (Å²) in [6.07, 6.45) is 17.6. The highest BCUT2D eigenvalue weighted by molar-refractivity contribution is 5.83. The van der Waals surface area contributed by atoms with E-state index in [9.17, 15) is 9.59 Å². The lowest BCUT2D eigenvalue weighted by Gasteiger charge is -2.11. The van der Waals surface area contributed by atoms with Gasteiger partial charge in [0, 0.05) is 6.42 Å². The molecule has 5 nitrogen and oxygen atoms in total. The monoisotopic (exact) mass is 341 g/mol. The molecule has 0 aliphatic heterocycles. The quantitative estimate of drug-likeness (QED) is 0.294. The molecule has 1 amide bonds. The van der Waals surface area contributed by atoms with Gasteiger partial charge in [-0.3, -0.25) is 4.79 Å². The summed E-state index contributed by atoms with van der Waals surface area (Å²) in [5, 5.41) is 19.9. The summed E-state index contributed by atoms with van der Waals surface area (Å²) < 4.78 is 0. The molecule has 0 unspecified atom stereocenters. The predicted molar refractivity (Wildman–Crippen MR) is 96.9 cm³/mol. The van der Waals surface area contributed by atoms with Crippen LogP contribution in [0.3, 0.4) is 0 Å². The maximum absolute atomic E-state index is 11.5. The lowest BCUT2D eigenvalue weighted by molar-refractivity contribution is -0.142. The molecular weight excluding hydrogens is 306 g/mol. The van der Waals surface area contributed by atoms with Crippen LogP contribution < -0.4 is 5.32 Å². The molecule has 0 spiro atoms. The molecule has 0 aliphatic carbocycles. The molecule has 0 aromatic heterocycles. The third-order valence-electron chi connectivity index (χ3n) is 3.98. The minimum atomic E-state index is -1.20. The Bertz CT molecular complexity index is 355. The van der Waals surface area contributed by atoms with Crippen LogP contribution in [0.2, 0.25) is 0 Å². The van der Waals surface area contributed by atoms with E-state index in [2.05, 4.69) is 24.4 Å². The first kappa shape index (κ1) is 22.6. The minimum Gasteiger partial charge on any atom is -0.480 e. The van der Waals surface area contributed by atoms with Gasteiger partial charge in [-0.1, -0.05) is 57.6 Å². The zero-order valence-corrected chi connectivity index (χ0v) is 15.1. The van der Waals surface area contributed by atoms with Gasteiger partial charge in [0.25, 0.3) is 0 Å². The van der Waals surface area contributed by atoms with Crippen LogP contribution >= 0.6 is 0 Å². The molecule has 3 N–H and O–H groups in total. The fourth-order valence-electron chi connectivity index (χ4n) is 2.45. The van der Waals surface area contributed by atoms with Crippen molar-refractivity contribution in [2.24, 2.45) is 0 Å². The second kappa shape index (κ2) is 16.5. The number of carboxylic acid groups (broad SMARTS) is 1. The van der Waals surface area contributed by atoms with Gasteiger partial charge in [0.15, 0.2) is 0 Å². The number of rotatable bonds is 16. The Labute approximate surface area is 146 Å². The van der Waals surface area contributed by atoms with Gasteiger partial charge in [-0.05, 0) is 32.1 Å². The van der Waals surface area contributed by atoms with Crippen molar-refractivity contribution in [1.29, 1.82) is 0 Å². The van der Waals surface area contributed by atoms with E-state index in [4.69, 9.17) is 10.2 Å². The maximum Gasteiger partial charge on any atom is 0.328 e. The van der Waals surface area contributed by atoms with Crippen molar-refractivity contribution in [3.8, 4) is 0 Å². The number of carbonyl (C=O) groups is 2. The highest BCUT2D eigenvalue weighted by atomic mass is 16.4. The molecule has 0 heterocycles. The van der Waals surface area contributed by atoms with Crippen LogP contribution in [0.5, 0.6) is 0 Å². The van der Waals surface area contributed by atoms with Crippen molar-refractivity contribution in [3.63, 3.8) is 0 Å². The summed E-state index contributed by atoms with van der Waals surface area (Å²) in [6, 6.07) is -1.19. The van der Waals surface area contributed by atoms with Crippen LogP contribution in [-0.2, 0) is 9.59 Å². The average molecular weight is 341 g/mol. The second-order valence-electron chi connectivity index (χ2n) is 6.27. The van der Waals surface area contributed by atoms with Crippen LogP contribution in [0, 0.1) is 0 Å². The summed E-state index contributed by atoms with van der Waals surface area (Å²) in [5.74, 6) is -1.51. The molecule has 0 rings (SSSR count). The summed E-state index contributed by atoms with van der Waals surface area (Å²) in [4.78, 5) is 22.2. The Hall–Kier alpha value is -1.36. The van der Waals surface area contributed by atoms with E-state index in [1.54, 1.807) is 0 Å². The summed E-state index contributed by atoms with van der Waals surface area (Å²) in [6.45, 7) is 1.65. The van der Waals surface area contributed by atoms with E-state index < -0.39 is 18.6 Å². The van der Waals surface area contributed by atoms with Gasteiger partial charge >= 0.3 is 5.97 Å². The van der Waals surface area contributed by atoms with Crippen molar-refractivity contribution in [1.82, 2.24) is 5.32 Å². The standard InChI is InChI=1S/C19H35NO4/c1-2-3-4-5-6-7-8-9-10-11-12-13-14-15-18(22)20-17(16-21)19(23)24/h7-8,17,21H,2-6,9-16H2,1H3,(H,20,22)(H,23,24)/b8-7-/t17-/m0/s1. The molecule has 0 saturated carbocycles. The molecule has 24 heavy (non-hydrogen) atoms. The van der Waals surface area contributed by atoms with E-state index >= 15 is 0 Å². The van der Waals surface area contributed by atoms with Crippen molar-refractivity contribution >= 4 is 11.9 Å². The zero-order valence-electron chi connectivity index (χ0n) is 15.1. The van der Waals surface area contributed by atoms with Crippen molar-refractivity contribution in [2.45, 2.75) is 90.0 Å². The summed E-state index contributed by atoms with van der Waals surface area (Å²) in [5.41, 5.74) is 0. The lowest BCUT2D eigenvalue weighted by atomic mass is 10.1. The number of hydrogen-bond acceptors (Lipinski definition) is 3. The van der Waals surface area contributed by atoms with Crippen LogP contribution in [0.25, 0.3) is 0 Å². The molecule has 5 heteroatoms. The molecule has 0 saturated heterocycles. The second-order valence-corrected chi connectivity index (χ2v) is 6.27. The first-order valence-electron chi connectivity index (χ1n) is 9.39. The molecule has 0 aromatic rings. The molecule has 0 bridgehead atoms. The Morgan fingerprint density at radius 2 is 1.46 bits per heavy atom. The van der Waals surface area contributed by atoms with E-state index in [0.717, 1.165) is 32.1 Å². The van der Waals surface area contributed by atoms with Crippen molar-refractivity contribution in [3.05, 3.63) is 12.2 Å². The highest BCUT2D eigenvalue weighted by Gasteiger charge is 2.17. The van der Waals surface area contributed by atoms with Gasteiger partial charge in [0.1, 0.15) is 6.04 Å². The molecular formula is C19H35NO4. The average Bonchev–Trinajstić information content (AvgIpc) is 2.56. The molecule has 0 radical (unpaired) electrons. The molecule has 140 valence electrons. The van der Waals surface area contributed by atoms with Crippen molar-refractivity contribution < 1.29 is 19.8 Å². The minimum absolute atomic E-state index is 0.303. The fraction of sp³-hybridized carbons (Fsp3) is 0.789. The van der Waals surface area contributed by atoms with Gasteiger partial charge in [-0.25, -0.2) is 4.79 Å². The number of aliphatic hydroxyl groups excluding tert-OH is 1. The van der Waals surface area contributed by atoms with Gasteiger partial charge in [-0.15, -0.1) is 0 Å². The number of carboxylic acids is 1. The van der Waals surface area contributed by atoms with Crippen LogP contribution in [-0.4, -0.2) is 34.7 Å². The van der Waals surface area contributed by atoms with Gasteiger partial charge in [0.2, 0.25) is 5.91 Å². The predicted octanol–water partition coefficient (Wildman–Crippen LogP) is 3.81. The maximum atomic E-state index is 11.5. The van der Waals surface area contributed by atoms with E-state index in [1.165, 1.54) is 38.5 Å². The molecule has 0 aromatic carbocycles. The molecule has 0 fully saturated rings. The van der Waals surface area contributed by atoms with Crippen LogP contribution in [0.15, 0.2) is 12.2 Å². The number of hydrogen-bond donors (Lipinski definition) is 3. The first-order valence-corrected chi connectivity index (χ1v) is 9.39. The third kappa shape index (κ3) is 14.2. The van der Waals surface area contributed by atoms with Gasteiger partial charge < -0.3 is 15.5 Å². The highest BCUT2D eigenvalue weighted by Crippen LogP contribution is 2.09. The summed E-state index contributed by atoms with van der Waals surface area (Å²) >= 11 is 0. The summed E-state index contributed by atoms with van der Waals surface area (Å²) in [7, 11) is 0. The molecule has 0 aliphatic rings. The smallest absolute Gasteiger partial charge is 0.328 e. The molecule has 1 atom stereocenters. The Kier molecular flexibility index (Phi) is 15.6. The number of nitrogens with one attached hydrogen (secondary N) is 1. The lowest BCUT2D eigenvalue weighted by Crippen LogP contribution is -2.43. The Morgan fingerprint density at radius 3 is 2.00 bits per heavy atom. The zero-order chi connectivity index (χ0) is 18.0. The van der Waals surface area contributed by atoms with Crippen LogP contribution in [0.1, 0.15) is 84.0 Å². The number of carbonyl (C=O) groups excluding carboxylic acids is 1. The number of allylic oxidation sites excluding steroid dienone is 2. The van der Waals surface area contributed by atoms with Crippen LogP contribution in [0.4, 0.5) is 0 Å². The first-order chi connectivity index (χ1) is 11.6. The Morgan fingerprint density at radius 1 is 0.917 bits per heavy atom. The normalized spacial score (nSPS) is 12.4. The fourth-order valence-corrected chi connectivity index (χ4v) is 2.45. The van der Waals surface area contributed by atoms with E-state index in [1.807, 2.05) is 0 Å². The number of aliphatic carboxylic acids is 1. The number of amides is 1.